The van der Waals surface area contributed by atoms with E-state index in [1.54, 1.807) is 43.9 Å². The lowest BCUT2D eigenvalue weighted by atomic mass is 10.1. The molecule has 3 rings (SSSR count). The van der Waals surface area contributed by atoms with Crippen molar-refractivity contribution in [3.63, 3.8) is 0 Å². The van der Waals surface area contributed by atoms with Crippen molar-refractivity contribution in [1.29, 1.82) is 0 Å². The number of nitrogens with two attached hydrogens (primary N) is 1. The second kappa shape index (κ2) is 9.89. The van der Waals surface area contributed by atoms with E-state index >= 15 is 0 Å². The number of carbonyl (C=O) groups is 1. The van der Waals surface area contributed by atoms with Crippen LogP contribution in [0.2, 0.25) is 0 Å². The molecule has 2 aromatic carbocycles. The Morgan fingerprint density at radius 1 is 1.30 bits per heavy atom. The molecule has 0 saturated carbocycles. The Labute approximate surface area is 174 Å². The van der Waals surface area contributed by atoms with Gasteiger partial charge < -0.3 is 25.1 Å². The van der Waals surface area contributed by atoms with Crippen LogP contribution in [0, 0.1) is 5.82 Å². The number of primary amides is 1. The van der Waals surface area contributed by atoms with Gasteiger partial charge in [-0.1, -0.05) is 18.2 Å². The Balaban J connectivity index is 1.63. The number of hydrogen-bond acceptors (Lipinski definition) is 5. The summed E-state index contributed by atoms with van der Waals surface area (Å²) in [5, 5.41) is 3.18. The SMILES string of the molecule is COc1cc(OCc2cccc(F)c2)ccc1CNC(Cc1cncn1C)C(N)=O. The van der Waals surface area contributed by atoms with Crippen LogP contribution in [0.15, 0.2) is 55.0 Å². The molecule has 7 nitrogen and oxygen atoms in total. The van der Waals surface area contributed by atoms with Gasteiger partial charge in [-0.3, -0.25) is 4.79 Å². The lowest BCUT2D eigenvalue weighted by molar-refractivity contribution is -0.120. The van der Waals surface area contributed by atoms with Gasteiger partial charge in [0.25, 0.3) is 0 Å². The highest BCUT2D eigenvalue weighted by atomic mass is 19.1. The highest BCUT2D eigenvalue weighted by molar-refractivity contribution is 5.80. The van der Waals surface area contributed by atoms with Crippen LogP contribution in [0.4, 0.5) is 4.39 Å². The Hall–Kier alpha value is -3.39. The summed E-state index contributed by atoms with van der Waals surface area (Å²) in [7, 11) is 3.43. The van der Waals surface area contributed by atoms with Gasteiger partial charge >= 0.3 is 0 Å². The number of methoxy groups -OCH3 is 1. The molecule has 0 fully saturated rings. The molecule has 1 unspecified atom stereocenters. The van der Waals surface area contributed by atoms with Gasteiger partial charge in [-0.15, -0.1) is 0 Å². The first-order chi connectivity index (χ1) is 14.5. The van der Waals surface area contributed by atoms with E-state index in [-0.39, 0.29) is 12.4 Å². The van der Waals surface area contributed by atoms with Crippen molar-refractivity contribution in [2.75, 3.05) is 7.11 Å². The smallest absolute Gasteiger partial charge is 0.234 e. The van der Waals surface area contributed by atoms with Crippen molar-refractivity contribution in [2.24, 2.45) is 12.8 Å². The molecule has 0 aliphatic heterocycles. The molecule has 0 aliphatic rings. The zero-order valence-electron chi connectivity index (χ0n) is 17.0. The second-order valence-electron chi connectivity index (χ2n) is 6.93. The van der Waals surface area contributed by atoms with E-state index in [0.29, 0.717) is 24.5 Å². The third kappa shape index (κ3) is 5.57. The minimum atomic E-state index is -0.547. The van der Waals surface area contributed by atoms with E-state index in [9.17, 15) is 9.18 Å². The van der Waals surface area contributed by atoms with E-state index in [0.717, 1.165) is 16.8 Å². The van der Waals surface area contributed by atoms with Gasteiger partial charge in [0.15, 0.2) is 0 Å². The van der Waals surface area contributed by atoms with E-state index in [1.807, 2.05) is 17.7 Å². The number of nitrogens with one attached hydrogen (secondary N) is 1. The predicted octanol–water partition coefficient (Wildman–Crippen LogP) is 2.33. The monoisotopic (exact) mass is 412 g/mol. The van der Waals surface area contributed by atoms with Crippen molar-refractivity contribution in [3.05, 3.63) is 77.6 Å². The molecule has 1 aromatic heterocycles. The lowest BCUT2D eigenvalue weighted by Gasteiger charge is -2.17. The van der Waals surface area contributed by atoms with E-state index < -0.39 is 11.9 Å². The minimum Gasteiger partial charge on any atom is -0.496 e. The van der Waals surface area contributed by atoms with Gasteiger partial charge in [0, 0.05) is 43.5 Å². The molecule has 1 atom stereocenters. The summed E-state index contributed by atoms with van der Waals surface area (Å²) >= 11 is 0. The number of imidazole rings is 1. The Morgan fingerprint density at radius 2 is 2.13 bits per heavy atom. The summed E-state index contributed by atoms with van der Waals surface area (Å²) in [5.74, 6) is 0.472. The highest BCUT2D eigenvalue weighted by Gasteiger charge is 2.18. The van der Waals surface area contributed by atoms with Gasteiger partial charge in [-0.25, -0.2) is 9.37 Å². The molecular weight excluding hydrogens is 387 g/mol. The van der Waals surface area contributed by atoms with Crippen LogP contribution in [-0.2, 0) is 31.4 Å². The maximum Gasteiger partial charge on any atom is 0.234 e. The van der Waals surface area contributed by atoms with Crippen LogP contribution in [-0.4, -0.2) is 28.6 Å². The Kier molecular flexibility index (Phi) is 7.03. The minimum absolute atomic E-state index is 0.243. The molecule has 1 heterocycles. The predicted molar refractivity (Wildman–Crippen MR) is 110 cm³/mol. The van der Waals surface area contributed by atoms with Crippen LogP contribution < -0.4 is 20.5 Å². The van der Waals surface area contributed by atoms with Crippen molar-refractivity contribution in [3.8, 4) is 11.5 Å². The van der Waals surface area contributed by atoms with E-state index in [2.05, 4.69) is 10.3 Å². The number of aryl methyl sites for hydroxylation is 1. The number of hydrogen-bond donors (Lipinski definition) is 2. The first kappa shape index (κ1) is 21.3. The fourth-order valence-corrected chi connectivity index (χ4v) is 3.05. The summed E-state index contributed by atoms with van der Waals surface area (Å²) in [4.78, 5) is 15.9. The number of benzene rings is 2. The van der Waals surface area contributed by atoms with Gasteiger partial charge in [0.1, 0.15) is 23.9 Å². The summed E-state index contributed by atoms with van der Waals surface area (Å²) in [6.45, 7) is 0.631. The van der Waals surface area contributed by atoms with Crippen LogP contribution in [0.25, 0.3) is 0 Å². The molecule has 0 aliphatic carbocycles. The number of nitrogens with zero attached hydrogens (tertiary/aromatic N) is 2. The third-order valence-corrected chi connectivity index (χ3v) is 4.77. The fraction of sp³-hybridized carbons (Fsp3) is 0.273. The summed E-state index contributed by atoms with van der Waals surface area (Å²) in [5.41, 5.74) is 8.05. The maximum absolute atomic E-state index is 13.3. The van der Waals surface area contributed by atoms with Crippen LogP contribution >= 0.6 is 0 Å². The standard InChI is InChI=1S/C22H25FN4O3/c1-27-14-25-12-18(27)9-20(22(24)28)26-11-16-6-7-19(10-21(16)29-2)30-13-15-4-3-5-17(23)8-15/h3-8,10,12,14,20,26H,9,11,13H2,1-2H3,(H2,24,28). The van der Waals surface area contributed by atoms with Gasteiger partial charge in [-0.2, -0.15) is 0 Å². The zero-order valence-corrected chi connectivity index (χ0v) is 17.0. The van der Waals surface area contributed by atoms with E-state index in [1.165, 1.54) is 12.1 Å². The summed E-state index contributed by atoms with van der Waals surface area (Å²) in [6, 6.07) is 11.1. The third-order valence-electron chi connectivity index (χ3n) is 4.77. The average molecular weight is 412 g/mol. The number of aromatic nitrogens is 2. The van der Waals surface area contributed by atoms with E-state index in [4.69, 9.17) is 15.2 Å². The van der Waals surface area contributed by atoms with Crippen molar-refractivity contribution in [2.45, 2.75) is 25.6 Å². The molecule has 158 valence electrons. The van der Waals surface area contributed by atoms with Gasteiger partial charge in [0.2, 0.25) is 5.91 Å². The zero-order chi connectivity index (χ0) is 21.5. The number of amides is 1. The highest BCUT2D eigenvalue weighted by Crippen LogP contribution is 2.25. The van der Waals surface area contributed by atoms with Crippen LogP contribution in [0.3, 0.4) is 0 Å². The molecule has 3 N–H and O–H groups in total. The molecule has 1 amide bonds. The quantitative estimate of drug-likeness (QED) is 0.533. The number of rotatable bonds is 10. The number of halogens is 1. The van der Waals surface area contributed by atoms with Gasteiger partial charge in [-0.05, 0) is 23.8 Å². The molecule has 0 radical (unpaired) electrons. The first-order valence-electron chi connectivity index (χ1n) is 9.48. The molecule has 0 bridgehead atoms. The average Bonchev–Trinajstić information content (AvgIpc) is 3.14. The summed E-state index contributed by atoms with van der Waals surface area (Å²) < 4.78 is 26.3. The van der Waals surface area contributed by atoms with Crippen molar-refractivity contribution >= 4 is 5.91 Å². The summed E-state index contributed by atoms with van der Waals surface area (Å²) in [6.07, 6.45) is 3.82. The van der Waals surface area contributed by atoms with Gasteiger partial charge in [0.05, 0.1) is 19.5 Å². The Bertz CT molecular complexity index is 1010. The van der Waals surface area contributed by atoms with Crippen molar-refractivity contribution < 1.29 is 18.7 Å². The van der Waals surface area contributed by atoms with Crippen LogP contribution in [0.1, 0.15) is 16.8 Å². The lowest BCUT2D eigenvalue weighted by Crippen LogP contribution is -2.42. The topological polar surface area (TPSA) is 91.4 Å². The fourth-order valence-electron chi connectivity index (χ4n) is 3.05. The Morgan fingerprint density at radius 3 is 2.80 bits per heavy atom. The molecule has 8 heteroatoms. The normalized spacial score (nSPS) is 11.8. The largest absolute Gasteiger partial charge is 0.496 e. The van der Waals surface area contributed by atoms with Crippen LogP contribution in [0.5, 0.6) is 11.5 Å². The molecule has 0 spiro atoms. The first-order valence-corrected chi connectivity index (χ1v) is 9.48. The molecule has 0 saturated heterocycles. The van der Waals surface area contributed by atoms with Crippen molar-refractivity contribution in [1.82, 2.24) is 14.9 Å². The maximum atomic E-state index is 13.3. The number of carbonyl (C=O) groups excluding carboxylic acids is 1. The second-order valence-corrected chi connectivity index (χ2v) is 6.93. The molecule has 3 aromatic rings. The number of ether oxygens (including phenoxy) is 2. The molecular formula is C22H25FN4O3. The molecule has 30 heavy (non-hydrogen) atoms.